The van der Waals surface area contributed by atoms with Crippen LogP contribution in [0, 0.1) is 6.92 Å². The van der Waals surface area contributed by atoms with E-state index in [9.17, 15) is 13.2 Å². The van der Waals surface area contributed by atoms with Crippen LogP contribution in [-0.2, 0) is 14.8 Å². The van der Waals surface area contributed by atoms with Gasteiger partial charge in [0.1, 0.15) is 6.04 Å². The van der Waals surface area contributed by atoms with Gasteiger partial charge >= 0.3 is 0 Å². The van der Waals surface area contributed by atoms with E-state index in [-0.39, 0.29) is 23.4 Å². The fraction of sp³-hybridized carbons (Fsp3) is 0.269. The summed E-state index contributed by atoms with van der Waals surface area (Å²) in [7, 11) is -3.71. The van der Waals surface area contributed by atoms with Crippen LogP contribution in [0.2, 0.25) is 0 Å². The average molecular weight is 465 g/mol. The van der Waals surface area contributed by atoms with Gasteiger partial charge in [-0.1, -0.05) is 78.4 Å². The molecule has 0 saturated carbocycles. The predicted molar refractivity (Wildman–Crippen MR) is 128 cm³/mol. The Hall–Kier alpha value is -3.00. The van der Waals surface area contributed by atoms with E-state index >= 15 is 0 Å². The van der Waals surface area contributed by atoms with Gasteiger partial charge in [-0.25, -0.2) is 13.1 Å². The summed E-state index contributed by atoms with van der Waals surface area (Å²) >= 11 is 0. The second-order valence-electron chi connectivity index (χ2n) is 8.43. The minimum absolute atomic E-state index is 0.170. The second kappa shape index (κ2) is 10.3. The molecule has 0 unspecified atom stereocenters. The summed E-state index contributed by atoms with van der Waals surface area (Å²) in [5.41, 5.74) is 3.49. The Morgan fingerprint density at radius 3 is 1.91 bits per heavy atom. The third-order valence-corrected chi connectivity index (χ3v) is 7.59. The van der Waals surface area contributed by atoms with Gasteiger partial charge in [0.2, 0.25) is 15.9 Å². The number of hydrogen-bond acceptors (Lipinski definition) is 3. The van der Waals surface area contributed by atoms with E-state index in [4.69, 9.17) is 0 Å². The molecule has 0 bridgehead atoms. The quantitative estimate of drug-likeness (QED) is 0.560. The molecule has 1 aliphatic heterocycles. The smallest absolute Gasteiger partial charge is 0.241 e. The molecule has 0 atom stereocenters. The van der Waals surface area contributed by atoms with Crippen molar-refractivity contribution in [1.29, 1.82) is 0 Å². The first-order valence-corrected chi connectivity index (χ1v) is 12.7. The number of carbonyl (C=O) groups is 1. The first-order valence-electron chi connectivity index (χ1n) is 11.2. The predicted octanol–water partition coefficient (Wildman–Crippen LogP) is 1.79. The standard InChI is InChI=1S/C26H29N3O3S/c1-21-12-14-24(15-13-21)33(31,32)27-20-25(30)28-16-18-29(19-17-28)26(22-8-4-2-5-9-22)23-10-6-3-7-11-23/h2-15,26-27H,16-20H2,1H3/p+1. The molecule has 1 heterocycles. The van der Waals surface area contributed by atoms with Gasteiger partial charge in [0.25, 0.3) is 0 Å². The van der Waals surface area contributed by atoms with Gasteiger partial charge in [-0.05, 0) is 19.1 Å². The zero-order chi connectivity index (χ0) is 23.3. The molecular formula is C26H30N3O3S+. The van der Waals surface area contributed by atoms with Crippen molar-refractivity contribution >= 4 is 15.9 Å². The number of hydrogen-bond donors (Lipinski definition) is 2. The number of quaternary nitrogens is 1. The van der Waals surface area contributed by atoms with Gasteiger partial charge in [0.05, 0.1) is 37.6 Å². The summed E-state index contributed by atoms with van der Waals surface area (Å²) in [4.78, 5) is 16.1. The molecular weight excluding hydrogens is 434 g/mol. The lowest BCUT2D eigenvalue weighted by atomic mass is 9.96. The molecule has 0 spiro atoms. The van der Waals surface area contributed by atoms with Crippen LogP contribution in [-0.4, -0.2) is 51.9 Å². The molecule has 1 aliphatic rings. The van der Waals surface area contributed by atoms with Crippen molar-refractivity contribution in [3.8, 4) is 0 Å². The number of aryl methyl sites for hydroxylation is 1. The van der Waals surface area contributed by atoms with Crippen molar-refractivity contribution in [2.45, 2.75) is 17.9 Å². The van der Waals surface area contributed by atoms with Crippen LogP contribution in [0.25, 0.3) is 0 Å². The number of carbonyl (C=O) groups excluding carboxylic acids is 1. The number of nitrogens with zero attached hydrogens (tertiary/aromatic N) is 1. The highest BCUT2D eigenvalue weighted by molar-refractivity contribution is 7.89. The fourth-order valence-electron chi connectivity index (χ4n) is 4.36. The second-order valence-corrected chi connectivity index (χ2v) is 10.2. The van der Waals surface area contributed by atoms with Crippen molar-refractivity contribution in [1.82, 2.24) is 9.62 Å². The van der Waals surface area contributed by atoms with Gasteiger partial charge in [0, 0.05) is 11.1 Å². The van der Waals surface area contributed by atoms with Gasteiger partial charge in [-0.3, -0.25) is 4.79 Å². The Bertz CT molecular complexity index is 1120. The Balaban J connectivity index is 1.38. The normalized spacial score (nSPS) is 15.0. The van der Waals surface area contributed by atoms with E-state index in [2.05, 4.69) is 53.3 Å². The number of sulfonamides is 1. The van der Waals surface area contributed by atoms with E-state index in [0.29, 0.717) is 13.1 Å². The van der Waals surface area contributed by atoms with E-state index in [1.54, 1.807) is 29.2 Å². The summed E-state index contributed by atoms with van der Waals surface area (Å²) in [5.74, 6) is -0.194. The zero-order valence-corrected chi connectivity index (χ0v) is 19.6. The van der Waals surface area contributed by atoms with E-state index < -0.39 is 10.0 Å². The lowest BCUT2D eigenvalue weighted by Gasteiger charge is -2.37. The summed E-state index contributed by atoms with van der Waals surface area (Å²) in [6.07, 6.45) is 0. The lowest BCUT2D eigenvalue weighted by molar-refractivity contribution is -0.929. The molecule has 0 radical (unpaired) electrons. The minimum atomic E-state index is -3.71. The SMILES string of the molecule is Cc1ccc(S(=O)(=O)NCC(=O)N2CC[NH+](C(c3ccccc3)c3ccccc3)CC2)cc1. The first kappa shape index (κ1) is 23.2. The monoisotopic (exact) mass is 464 g/mol. The van der Waals surface area contributed by atoms with Crippen molar-refractivity contribution in [2.24, 2.45) is 0 Å². The van der Waals surface area contributed by atoms with Crippen molar-refractivity contribution < 1.29 is 18.1 Å². The lowest BCUT2D eigenvalue weighted by Crippen LogP contribution is -3.15. The molecule has 2 N–H and O–H groups in total. The maximum absolute atomic E-state index is 12.7. The van der Waals surface area contributed by atoms with Crippen molar-refractivity contribution in [3.63, 3.8) is 0 Å². The molecule has 6 nitrogen and oxygen atoms in total. The Labute approximate surface area is 195 Å². The van der Waals surface area contributed by atoms with Crippen molar-refractivity contribution in [2.75, 3.05) is 32.7 Å². The van der Waals surface area contributed by atoms with Crippen LogP contribution in [0.5, 0.6) is 0 Å². The Kier molecular flexibility index (Phi) is 7.23. The van der Waals surface area contributed by atoms with Crippen LogP contribution >= 0.6 is 0 Å². The van der Waals surface area contributed by atoms with Gasteiger partial charge in [-0.2, -0.15) is 0 Å². The van der Waals surface area contributed by atoms with E-state index in [1.807, 2.05) is 19.1 Å². The number of benzene rings is 3. The average Bonchev–Trinajstić information content (AvgIpc) is 2.85. The summed E-state index contributed by atoms with van der Waals surface area (Å²) < 4.78 is 27.5. The van der Waals surface area contributed by atoms with Crippen LogP contribution in [0.1, 0.15) is 22.7 Å². The number of amides is 1. The highest BCUT2D eigenvalue weighted by Crippen LogP contribution is 2.19. The molecule has 1 amide bonds. The minimum Gasteiger partial charge on any atom is -0.330 e. The maximum Gasteiger partial charge on any atom is 0.241 e. The third kappa shape index (κ3) is 5.68. The number of piperazine rings is 1. The summed E-state index contributed by atoms with van der Waals surface area (Å²) in [6.45, 7) is 4.45. The summed E-state index contributed by atoms with van der Waals surface area (Å²) in [5, 5.41) is 0. The molecule has 0 aromatic heterocycles. The fourth-order valence-corrected chi connectivity index (χ4v) is 5.33. The molecule has 3 aromatic rings. The molecule has 4 rings (SSSR count). The van der Waals surface area contributed by atoms with Crippen molar-refractivity contribution in [3.05, 3.63) is 102 Å². The molecule has 7 heteroatoms. The summed E-state index contributed by atoms with van der Waals surface area (Å²) in [6, 6.07) is 27.7. The Morgan fingerprint density at radius 2 is 1.39 bits per heavy atom. The zero-order valence-electron chi connectivity index (χ0n) is 18.8. The van der Waals surface area contributed by atoms with Crippen LogP contribution in [0.3, 0.4) is 0 Å². The van der Waals surface area contributed by atoms with Crippen LogP contribution in [0.4, 0.5) is 0 Å². The number of nitrogens with one attached hydrogen (secondary N) is 2. The maximum atomic E-state index is 12.7. The first-order chi connectivity index (χ1) is 15.9. The molecule has 0 aliphatic carbocycles. The van der Waals surface area contributed by atoms with Gasteiger partial charge in [-0.15, -0.1) is 0 Å². The Morgan fingerprint density at radius 1 is 0.879 bits per heavy atom. The molecule has 172 valence electrons. The molecule has 33 heavy (non-hydrogen) atoms. The number of rotatable bonds is 7. The highest BCUT2D eigenvalue weighted by atomic mass is 32.2. The van der Waals surface area contributed by atoms with Gasteiger partial charge < -0.3 is 9.80 Å². The third-order valence-electron chi connectivity index (χ3n) is 6.18. The molecule has 3 aromatic carbocycles. The van der Waals surface area contributed by atoms with Crippen LogP contribution < -0.4 is 9.62 Å². The highest BCUT2D eigenvalue weighted by Gasteiger charge is 2.31. The molecule has 1 saturated heterocycles. The topological polar surface area (TPSA) is 70.9 Å². The largest absolute Gasteiger partial charge is 0.330 e. The van der Waals surface area contributed by atoms with E-state index in [0.717, 1.165) is 18.7 Å². The van der Waals surface area contributed by atoms with Gasteiger partial charge in [0.15, 0.2) is 0 Å². The van der Waals surface area contributed by atoms with Crippen LogP contribution in [0.15, 0.2) is 89.8 Å². The van der Waals surface area contributed by atoms with E-state index in [1.165, 1.54) is 16.0 Å². The molecule has 1 fully saturated rings.